The Bertz CT molecular complexity index is 1130. The minimum Gasteiger partial charge on any atom is -0.352 e. The van der Waals surface area contributed by atoms with Crippen LogP contribution < -0.4 is 10.9 Å². The number of fused-ring (bicyclic) bond motifs is 1. The van der Waals surface area contributed by atoms with Gasteiger partial charge in [0.05, 0.1) is 11.1 Å². The van der Waals surface area contributed by atoms with Crippen LogP contribution in [0.25, 0.3) is 22.0 Å². The Morgan fingerprint density at radius 3 is 2.40 bits per heavy atom. The van der Waals surface area contributed by atoms with Crippen molar-refractivity contribution in [2.24, 2.45) is 0 Å². The van der Waals surface area contributed by atoms with Crippen molar-refractivity contribution in [2.75, 3.05) is 0 Å². The highest BCUT2D eigenvalue weighted by Crippen LogP contribution is 2.26. The summed E-state index contributed by atoms with van der Waals surface area (Å²) < 4.78 is 28.3. The van der Waals surface area contributed by atoms with E-state index in [-0.39, 0.29) is 18.5 Å². The number of amides is 1. The van der Waals surface area contributed by atoms with E-state index in [0.29, 0.717) is 22.0 Å². The smallest absolute Gasteiger partial charge is 0.275 e. The molecule has 4 rings (SSSR count). The van der Waals surface area contributed by atoms with Gasteiger partial charge in [-0.05, 0) is 37.1 Å². The van der Waals surface area contributed by atoms with Crippen LogP contribution in [0.4, 0.5) is 8.78 Å². The van der Waals surface area contributed by atoms with Crippen LogP contribution in [0.1, 0.15) is 38.5 Å². The summed E-state index contributed by atoms with van der Waals surface area (Å²) in [5.74, 6) is -2.23. The summed E-state index contributed by atoms with van der Waals surface area (Å²) in [7, 11) is 0. The van der Waals surface area contributed by atoms with Crippen molar-refractivity contribution in [3.8, 4) is 11.3 Å². The zero-order valence-electron chi connectivity index (χ0n) is 16.5. The third kappa shape index (κ3) is 4.25. The highest BCUT2D eigenvalue weighted by Gasteiger charge is 2.18. The average Bonchev–Trinajstić information content (AvgIpc) is 3.01. The first kappa shape index (κ1) is 20.2. The topological polar surface area (TPSA) is 64.0 Å². The van der Waals surface area contributed by atoms with Crippen molar-refractivity contribution in [1.29, 1.82) is 0 Å². The van der Waals surface area contributed by atoms with Crippen LogP contribution in [0.2, 0.25) is 0 Å². The van der Waals surface area contributed by atoms with Gasteiger partial charge in [-0.25, -0.2) is 13.5 Å². The predicted octanol–water partition coefficient (Wildman–Crippen LogP) is 4.18. The van der Waals surface area contributed by atoms with E-state index < -0.39 is 17.2 Å². The van der Waals surface area contributed by atoms with Gasteiger partial charge in [0.2, 0.25) is 5.91 Å². The second-order valence-electron chi connectivity index (χ2n) is 7.74. The number of benzene rings is 2. The molecule has 5 nitrogen and oxygen atoms in total. The number of halogens is 2. The first-order valence-corrected chi connectivity index (χ1v) is 10.3. The van der Waals surface area contributed by atoms with E-state index in [4.69, 9.17) is 0 Å². The molecule has 0 saturated heterocycles. The van der Waals surface area contributed by atoms with E-state index >= 15 is 0 Å². The van der Waals surface area contributed by atoms with Crippen molar-refractivity contribution >= 4 is 16.7 Å². The lowest BCUT2D eigenvalue weighted by Gasteiger charge is -2.17. The molecule has 1 aliphatic rings. The molecule has 7 heteroatoms. The molecule has 0 aliphatic heterocycles. The second-order valence-corrected chi connectivity index (χ2v) is 7.74. The zero-order valence-corrected chi connectivity index (χ0v) is 16.5. The summed E-state index contributed by atoms with van der Waals surface area (Å²) in [4.78, 5) is 25.5. The Morgan fingerprint density at radius 2 is 1.70 bits per heavy atom. The molecule has 0 unspecified atom stereocenters. The van der Waals surface area contributed by atoms with Crippen molar-refractivity contribution in [3.05, 3.63) is 64.5 Å². The highest BCUT2D eigenvalue weighted by molar-refractivity contribution is 5.93. The van der Waals surface area contributed by atoms with E-state index in [1.165, 1.54) is 18.9 Å². The van der Waals surface area contributed by atoms with E-state index in [2.05, 4.69) is 10.4 Å². The molecule has 0 atom stereocenters. The predicted molar refractivity (Wildman–Crippen MR) is 111 cm³/mol. The van der Waals surface area contributed by atoms with Gasteiger partial charge in [0.1, 0.15) is 6.54 Å². The minimum absolute atomic E-state index is 0.113. The van der Waals surface area contributed by atoms with Gasteiger partial charge >= 0.3 is 0 Å². The normalized spacial score (nSPS) is 15.1. The van der Waals surface area contributed by atoms with Gasteiger partial charge in [-0.3, -0.25) is 9.59 Å². The number of carbonyl (C=O) groups excluding carboxylic acids is 1. The SMILES string of the molecule is O=C(Cn1nc(-c2ccc(F)c(F)c2)c2ccccc2c1=O)NC1CCCCCC1. The van der Waals surface area contributed by atoms with Crippen LogP contribution in [0, 0.1) is 11.6 Å². The maximum atomic E-state index is 13.8. The molecule has 1 N–H and O–H groups in total. The van der Waals surface area contributed by atoms with Gasteiger partial charge in [0.15, 0.2) is 11.6 Å². The molecular formula is C23H23F2N3O2. The van der Waals surface area contributed by atoms with Crippen LogP contribution in [-0.4, -0.2) is 21.7 Å². The first-order chi connectivity index (χ1) is 14.5. The number of aromatic nitrogens is 2. The van der Waals surface area contributed by atoms with Crippen molar-refractivity contribution in [1.82, 2.24) is 15.1 Å². The maximum absolute atomic E-state index is 13.8. The van der Waals surface area contributed by atoms with Gasteiger partial charge in [-0.15, -0.1) is 0 Å². The van der Waals surface area contributed by atoms with Crippen molar-refractivity contribution in [3.63, 3.8) is 0 Å². The second kappa shape index (κ2) is 8.73. The fourth-order valence-electron chi connectivity index (χ4n) is 4.03. The summed E-state index contributed by atoms with van der Waals surface area (Å²) in [5.41, 5.74) is 0.266. The molecule has 1 heterocycles. The number of hydrogen-bond acceptors (Lipinski definition) is 3. The van der Waals surface area contributed by atoms with Crippen molar-refractivity contribution in [2.45, 2.75) is 51.1 Å². The molecule has 0 radical (unpaired) electrons. The van der Waals surface area contributed by atoms with Gasteiger partial charge in [-0.2, -0.15) is 5.10 Å². The molecule has 1 saturated carbocycles. The monoisotopic (exact) mass is 411 g/mol. The molecule has 1 fully saturated rings. The van der Waals surface area contributed by atoms with Gasteiger partial charge in [0.25, 0.3) is 5.56 Å². The molecule has 0 bridgehead atoms. The van der Waals surface area contributed by atoms with Crippen LogP contribution in [-0.2, 0) is 11.3 Å². The van der Waals surface area contributed by atoms with E-state index in [1.54, 1.807) is 24.3 Å². The summed E-state index contributed by atoms with van der Waals surface area (Å²) in [6, 6.07) is 10.4. The molecule has 3 aromatic rings. The molecule has 2 aromatic carbocycles. The summed E-state index contributed by atoms with van der Waals surface area (Å²) in [6.07, 6.45) is 6.39. The quantitative estimate of drug-likeness (QED) is 0.655. The molecule has 0 spiro atoms. The maximum Gasteiger partial charge on any atom is 0.275 e. The first-order valence-electron chi connectivity index (χ1n) is 10.3. The molecule has 156 valence electrons. The third-order valence-electron chi connectivity index (χ3n) is 5.57. The Kier molecular flexibility index (Phi) is 5.88. The fraction of sp³-hybridized carbons (Fsp3) is 0.348. The fourth-order valence-corrected chi connectivity index (χ4v) is 4.03. The lowest BCUT2D eigenvalue weighted by Crippen LogP contribution is -2.39. The molecular weight excluding hydrogens is 388 g/mol. The number of carbonyl (C=O) groups is 1. The summed E-state index contributed by atoms with van der Waals surface area (Å²) >= 11 is 0. The van der Waals surface area contributed by atoms with Gasteiger partial charge < -0.3 is 5.32 Å². The van der Waals surface area contributed by atoms with Gasteiger partial charge in [-0.1, -0.05) is 43.9 Å². The van der Waals surface area contributed by atoms with Crippen LogP contribution in [0.3, 0.4) is 0 Å². The number of hydrogen-bond donors (Lipinski definition) is 1. The van der Waals surface area contributed by atoms with Gasteiger partial charge in [0, 0.05) is 17.0 Å². The van der Waals surface area contributed by atoms with Crippen LogP contribution in [0.5, 0.6) is 0 Å². The van der Waals surface area contributed by atoms with Crippen LogP contribution in [0.15, 0.2) is 47.3 Å². The minimum atomic E-state index is -0.998. The summed E-state index contributed by atoms with van der Waals surface area (Å²) in [5, 5.41) is 8.25. The zero-order chi connectivity index (χ0) is 21.1. The highest BCUT2D eigenvalue weighted by atomic mass is 19.2. The molecule has 30 heavy (non-hydrogen) atoms. The standard InChI is InChI=1S/C23H23F2N3O2/c24-19-12-11-15(13-20(19)25)22-17-9-5-6-10-18(17)23(30)28(27-22)14-21(29)26-16-7-3-1-2-4-8-16/h5-6,9-13,16H,1-4,7-8,14H2,(H,26,29). The number of rotatable bonds is 4. The van der Waals surface area contributed by atoms with E-state index in [1.807, 2.05) is 0 Å². The van der Waals surface area contributed by atoms with E-state index in [9.17, 15) is 18.4 Å². The van der Waals surface area contributed by atoms with E-state index in [0.717, 1.165) is 42.5 Å². The lowest BCUT2D eigenvalue weighted by atomic mass is 10.0. The Hall–Kier alpha value is -3.09. The number of nitrogens with one attached hydrogen (secondary N) is 1. The lowest BCUT2D eigenvalue weighted by molar-refractivity contribution is -0.122. The summed E-state index contributed by atoms with van der Waals surface area (Å²) in [6.45, 7) is -0.225. The molecule has 1 aromatic heterocycles. The number of nitrogens with zero attached hydrogens (tertiary/aromatic N) is 2. The Morgan fingerprint density at radius 1 is 1.00 bits per heavy atom. The molecule has 1 aliphatic carbocycles. The largest absolute Gasteiger partial charge is 0.352 e. The molecule has 1 amide bonds. The van der Waals surface area contributed by atoms with Crippen LogP contribution >= 0.6 is 0 Å². The Labute approximate surface area is 172 Å². The third-order valence-corrected chi connectivity index (χ3v) is 5.57. The van der Waals surface area contributed by atoms with Crippen molar-refractivity contribution < 1.29 is 13.6 Å². The Balaban J connectivity index is 1.69. The average molecular weight is 411 g/mol.